The van der Waals surface area contributed by atoms with Gasteiger partial charge in [0.2, 0.25) is 11.8 Å². The molecule has 0 radical (unpaired) electrons. The summed E-state index contributed by atoms with van der Waals surface area (Å²) in [5.41, 5.74) is 2.12. The molecule has 1 heterocycles. The van der Waals surface area contributed by atoms with E-state index in [2.05, 4.69) is 0 Å². The van der Waals surface area contributed by atoms with E-state index in [-0.39, 0.29) is 49.0 Å². The van der Waals surface area contributed by atoms with E-state index in [0.29, 0.717) is 12.1 Å². The van der Waals surface area contributed by atoms with Gasteiger partial charge in [-0.1, -0.05) is 24.3 Å². The van der Waals surface area contributed by atoms with Crippen LogP contribution in [-0.4, -0.2) is 33.6 Å². The molecule has 1 aliphatic carbocycles. The Morgan fingerprint density at radius 3 is 2.29 bits per heavy atom. The van der Waals surface area contributed by atoms with Gasteiger partial charge in [0, 0.05) is 31.0 Å². The van der Waals surface area contributed by atoms with E-state index < -0.39 is 0 Å². The highest BCUT2D eigenvalue weighted by atomic mass is 19.1. The van der Waals surface area contributed by atoms with Gasteiger partial charge in [-0.25, -0.2) is 4.39 Å². The van der Waals surface area contributed by atoms with E-state index >= 15 is 0 Å². The van der Waals surface area contributed by atoms with Crippen LogP contribution in [0.5, 0.6) is 0 Å². The van der Waals surface area contributed by atoms with E-state index in [9.17, 15) is 18.8 Å². The van der Waals surface area contributed by atoms with Crippen molar-refractivity contribution >= 4 is 17.7 Å². The van der Waals surface area contributed by atoms with Gasteiger partial charge in [-0.3, -0.25) is 19.3 Å². The lowest BCUT2D eigenvalue weighted by Crippen LogP contribution is -2.32. The highest BCUT2D eigenvalue weighted by Gasteiger charge is 2.33. The van der Waals surface area contributed by atoms with Crippen molar-refractivity contribution in [2.75, 3.05) is 0 Å². The molecule has 2 aromatic carbocycles. The Balaban J connectivity index is 1.47. The van der Waals surface area contributed by atoms with Crippen molar-refractivity contribution in [3.8, 4) is 0 Å². The fraction of sp³-hybridized carbons (Fsp3) is 0.318. The number of hydrogen-bond donors (Lipinski definition) is 0. The highest BCUT2D eigenvalue weighted by Crippen LogP contribution is 2.30. The quantitative estimate of drug-likeness (QED) is 0.723. The van der Waals surface area contributed by atoms with Gasteiger partial charge in [0.15, 0.2) is 0 Å². The van der Waals surface area contributed by atoms with Crippen molar-refractivity contribution in [1.29, 1.82) is 0 Å². The molecule has 1 aliphatic heterocycles. The molecule has 2 aromatic rings. The number of rotatable bonds is 6. The van der Waals surface area contributed by atoms with Crippen LogP contribution in [-0.2, 0) is 22.7 Å². The number of halogens is 1. The predicted octanol–water partition coefficient (Wildman–Crippen LogP) is 3.28. The monoisotopic (exact) mass is 380 g/mol. The van der Waals surface area contributed by atoms with Crippen LogP contribution in [0.25, 0.3) is 0 Å². The van der Waals surface area contributed by atoms with Crippen LogP contribution in [0, 0.1) is 5.82 Å². The molecule has 1 saturated heterocycles. The molecule has 0 bridgehead atoms. The number of imide groups is 1. The number of benzene rings is 2. The van der Waals surface area contributed by atoms with Crippen molar-refractivity contribution in [1.82, 2.24) is 9.80 Å². The Kier molecular flexibility index (Phi) is 4.94. The molecular formula is C22H21FN2O3. The molecule has 0 unspecified atom stereocenters. The fourth-order valence-corrected chi connectivity index (χ4v) is 3.49. The third-order valence-electron chi connectivity index (χ3n) is 5.19. The Bertz CT molecular complexity index is 906. The maximum Gasteiger partial charge on any atom is 0.254 e. The Labute approximate surface area is 162 Å². The van der Waals surface area contributed by atoms with Gasteiger partial charge >= 0.3 is 0 Å². The van der Waals surface area contributed by atoms with Crippen molar-refractivity contribution < 1.29 is 18.8 Å². The smallest absolute Gasteiger partial charge is 0.254 e. The second-order valence-corrected chi connectivity index (χ2v) is 7.36. The molecule has 0 atom stereocenters. The number of likely N-dealkylation sites (tertiary alicyclic amines) is 1. The van der Waals surface area contributed by atoms with Crippen LogP contribution in [0.2, 0.25) is 0 Å². The molecule has 2 fully saturated rings. The lowest BCUT2D eigenvalue weighted by molar-refractivity contribution is -0.139. The molecule has 6 heteroatoms. The molecule has 4 rings (SSSR count). The molecular weight excluding hydrogens is 359 g/mol. The van der Waals surface area contributed by atoms with Gasteiger partial charge in [0.25, 0.3) is 5.91 Å². The second kappa shape index (κ2) is 7.54. The van der Waals surface area contributed by atoms with Gasteiger partial charge < -0.3 is 4.90 Å². The minimum atomic E-state index is -0.309. The van der Waals surface area contributed by atoms with Crippen LogP contribution >= 0.6 is 0 Å². The maximum absolute atomic E-state index is 13.5. The Hall–Kier alpha value is -3.02. The average molecular weight is 380 g/mol. The summed E-state index contributed by atoms with van der Waals surface area (Å²) in [5.74, 6) is -0.706. The first-order valence-corrected chi connectivity index (χ1v) is 9.49. The zero-order valence-electron chi connectivity index (χ0n) is 15.4. The van der Waals surface area contributed by atoms with Crippen LogP contribution in [0.15, 0.2) is 48.5 Å². The minimum absolute atomic E-state index is 0.0911. The zero-order chi connectivity index (χ0) is 19.7. The topological polar surface area (TPSA) is 57.7 Å². The van der Waals surface area contributed by atoms with Crippen molar-refractivity contribution in [3.05, 3.63) is 71.0 Å². The molecule has 0 aromatic heterocycles. The molecule has 0 spiro atoms. The number of hydrogen-bond acceptors (Lipinski definition) is 3. The van der Waals surface area contributed by atoms with Crippen LogP contribution < -0.4 is 0 Å². The Morgan fingerprint density at radius 1 is 1.00 bits per heavy atom. The normalized spacial score (nSPS) is 16.5. The number of nitrogens with zero attached hydrogens (tertiary/aromatic N) is 2. The molecule has 5 nitrogen and oxygen atoms in total. The first-order valence-electron chi connectivity index (χ1n) is 9.49. The largest absolute Gasteiger partial charge is 0.331 e. The van der Waals surface area contributed by atoms with E-state index in [1.54, 1.807) is 35.2 Å². The average Bonchev–Trinajstić information content (AvgIpc) is 3.48. The number of carbonyl (C=O) groups excluding carboxylic acids is 3. The Morgan fingerprint density at radius 2 is 1.68 bits per heavy atom. The molecule has 1 saturated carbocycles. The second-order valence-electron chi connectivity index (χ2n) is 7.36. The summed E-state index contributed by atoms with van der Waals surface area (Å²) in [4.78, 5) is 39.5. The van der Waals surface area contributed by atoms with E-state index in [1.807, 2.05) is 6.07 Å². The van der Waals surface area contributed by atoms with Gasteiger partial charge in [-0.05, 0) is 48.2 Å². The molecule has 28 heavy (non-hydrogen) atoms. The first-order chi connectivity index (χ1) is 13.5. The minimum Gasteiger partial charge on any atom is -0.331 e. The molecule has 0 N–H and O–H groups in total. The summed E-state index contributed by atoms with van der Waals surface area (Å²) in [7, 11) is 0. The third-order valence-corrected chi connectivity index (χ3v) is 5.19. The van der Waals surface area contributed by atoms with Gasteiger partial charge in [0.1, 0.15) is 5.82 Å². The summed E-state index contributed by atoms with van der Waals surface area (Å²) in [6.07, 6.45) is 2.45. The number of amides is 3. The molecule has 144 valence electrons. The van der Waals surface area contributed by atoms with E-state index in [0.717, 1.165) is 24.0 Å². The van der Waals surface area contributed by atoms with E-state index in [4.69, 9.17) is 0 Å². The lowest BCUT2D eigenvalue weighted by atomic mass is 10.1. The number of carbonyl (C=O) groups is 3. The highest BCUT2D eigenvalue weighted by molar-refractivity contribution is 6.01. The van der Waals surface area contributed by atoms with Gasteiger partial charge in [-0.2, -0.15) is 0 Å². The third kappa shape index (κ3) is 3.96. The van der Waals surface area contributed by atoms with E-state index in [1.165, 1.54) is 17.0 Å². The molecule has 2 aliphatic rings. The van der Waals surface area contributed by atoms with Gasteiger partial charge in [-0.15, -0.1) is 0 Å². The maximum atomic E-state index is 13.5. The summed E-state index contributed by atoms with van der Waals surface area (Å²) in [6, 6.07) is 13.5. The zero-order valence-corrected chi connectivity index (χ0v) is 15.4. The van der Waals surface area contributed by atoms with Gasteiger partial charge in [0.05, 0.1) is 6.54 Å². The SMILES string of the molecule is O=C1CCC(=O)N1Cc1ccc(C(=O)N(Cc2cccc(F)c2)C2CC2)cc1. The lowest BCUT2D eigenvalue weighted by Gasteiger charge is -2.23. The summed E-state index contributed by atoms with van der Waals surface area (Å²) in [5, 5.41) is 0. The fourth-order valence-electron chi connectivity index (χ4n) is 3.49. The summed E-state index contributed by atoms with van der Waals surface area (Å²) in [6.45, 7) is 0.613. The predicted molar refractivity (Wildman–Crippen MR) is 101 cm³/mol. The van der Waals surface area contributed by atoms with Crippen LogP contribution in [0.3, 0.4) is 0 Å². The van der Waals surface area contributed by atoms with Crippen molar-refractivity contribution in [2.24, 2.45) is 0 Å². The summed E-state index contributed by atoms with van der Waals surface area (Å²) < 4.78 is 13.5. The van der Waals surface area contributed by atoms with Crippen molar-refractivity contribution in [2.45, 2.75) is 44.8 Å². The van der Waals surface area contributed by atoms with Crippen LogP contribution in [0.4, 0.5) is 4.39 Å². The standard InChI is InChI=1S/C22H21FN2O3/c23-18-3-1-2-16(12-18)14-24(19-8-9-19)22(28)17-6-4-15(5-7-17)13-25-20(26)10-11-21(25)27/h1-7,12,19H,8-11,13-14H2. The summed E-state index contributed by atoms with van der Waals surface area (Å²) >= 11 is 0. The van der Waals surface area contributed by atoms with Crippen LogP contribution in [0.1, 0.15) is 47.2 Å². The first kappa shape index (κ1) is 18.3. The molecule has 3 amide bonds. The van der Waals surface area contributed by atoms with Crippen molar-refractivity contribution in [3.63, 3.8) is 0 Å².